The van der Waals surface area contributed by atoms with Crippen LogP contribution in [0.2, 0.25) is 0 Å². The molecule has 0 aromatic heterocycles. The van der Waals surface area contributed by atoms with E-state index in [0.717, 1.165) is 25.7 Å². The molecule has 5 nitrogen and oxygen atoms in total. The van der Waals surface area contributed by atoms with Gasteiger partial charge in [-0.2, -0.15) is 0 Å². The molecular formula is C20H33NO4S. The van der Waals surface area contributed by atoms with Crippen molar-refractivity contribution < 1.29 is 19.1 Å². The van der Waals surface area contributed by atoms with Crippen molar-refractivity contribution in [3.8, 4) is 0 Å². The van der Waals surface area contributed by atoms with E-state index in [4.69, 9.17) is 4.74 Å². The fraction of sp³-hybridized carbons (Fsp3) is 0.850. The Kier molecular flexibility index (Phi) is 7.17. The van der Waals surface area contributed by atoms with Crippen LogP contribution in [0.5, 0.6) is 0 Å². The van der Waals surface area contributed by atoms with Gasteiger partial charge in [-0.15, -0.1) is 0 Å². The summed E-state index contributed by atoms with van der Waals surface area (Å²) in [5.41, 5.74) is -0.566. The summed E-state index contributed by atoms with van der Waals surface area (Å²) in [7, 11) is 0. The smallest absolute Gasteiger partial charge is 0.329 e. The van der Waals surface area contributed by atoms with Crippen LogP contribution in [0, 0.1) is 17.8 Å². The molecule has 4 unspecified atom stereocenters. The Labute approximate surface area is 161 Å². The average Bonchev–Trinajstić information content (AvgIpc) is 2.56. The fourth-order valence-corrected chi connectivity index (χ4v) is 4.82. The predicted octanol–water partition coefficient (Wildman–Crippen LogP) is 3.65. The normalized spacial score (nSPS) is 27.4. The lowest BCUT2D eigenvalue weighted by Crippen LogP contribution is -2.58. The maximum Gasteiger partial charge on any atom is 0.329 e. The van der Waals surface area contributed by atoms with Gasteiger partial charge in [0.25, 0.3) is 0 Å². The first-order chi connectivity index (χ1) is 12.1. The van der Waals surface area contributed by atoms with Crippen LogP contribution in [-0.4, -0.2) is 45.8 Å². The van der Waals surface area contributed by atoms with Crippen molar-refractivity contribution in [1.82, 2.24) is 4.90 Å². The molecule has 2 aliphatic rings. The zero-order valence-electron chi connectivity index (χ0n) is 16.7. The number of likely N-dealkylation sites (tertiary alicyclic amines) is 1. The van der Waals surface area contributed by atoms with Crippen molar-refractivity contribution in [1.29, 1.82) is 0 Å². The van der Waals surface area contributed by atoms with E-state index in [-0.39, 0.29) is 28.8 Å². The van der Waals surface area contributed by atoms with Crippen molar-refractivity contribution in [3.05, 3.63) is 0 Å². The van der Waals surface area contributed by atoms with Crippen LogP contribution < -0.4 is 0 Å². The number of amides is 1. The summed E-state index contributed by atoms with van der Waals surface area (Å²) in [4.78, 5) is 39.0. The summed E-state index contributed by atoms with van der Waals surface area (Å²) in [6.45, 7) is 9.56. The second-order valence-corrected chi connectivity index (χ2v) is 9.91. The predicted molar refractivity (Wildman–Crippen MR) is 104 cm³/mol. The number of carbonyl (C=O) groups is 3. The minimum absolute atomic E-state index is 0.0133. The first kappa shape index (κ1) is 21.3. The molecule has 6 heteroatoms. The zero-order chi connectivity index (χ0) is 19.5. The quantitative estimate of drug-likeness (QED) is 0.693. The Morgan fingerprint density at radius 3 is 2.42 bits per heavy atom. The standard InChI is InChI=1S/C20H33NO4S/c1-13(12-26-14(2)22)18(23)21-11-10-15-8-6-7-9-16(15)17(21)19(24)25-20(3,4)5/h13,15-17H,6-12H2,1-5H3. The lowest BCUT2D eigenvalue weighted by Gasteiger charge is -2.47. The summed E-state index contributed by atoms with van der Waals surface area (Å²) >= 11 is 1.17. The van der Waals surface area contributed by atoms with Gasteiger partial charge in [0.15, 0.2) is 5.12 Å². The molecule has 0 aromatic rings. The van der Waals surface area contributed by atoms with Crippen molar-refractivity contribution >= 4 is 28.8 Å². The number of fused-ring (bicyclic) bond motifs is 1. The molecule has 0 N–H and O–H groups in total. The molecule has 1 aliphatic carbocycles. The molecule has 0 spiro atoms. The van der Waals surface area contributed by atoms with Crippen molar-refractivity contribution in [3.63, 3.8) is 0 Å². The number of thioether (sulfide) groups is 1. The highest BCUT2D eigenvalue weighted by Gasteiger charge is 2.46. The minimum Gasteiger partial charge on any atom is -0.458 e. The van der Waals surface area contributed by atoms with E-state index in [1.54, 1.807) is 4.90 Å². The Bertz CT molecular complexity index is 542. The monoisotopic (exact) mass is 383 g/mol. The molecule has 26 heavy (non-hydrogen) atoms. The molecule has 1 aliphatic heterocycles. The van der Waals surface area contributed by atoms with Gasteiger partial charge in [0, 0.05) is 25.1 Å². The second-order valence-electron chi connectivity index (χ2n) is 8.71. The second kappa shape index (κ2) is 8.77. The van der Waals surface area contributed by atoms with E-state index in [1.165, 1.54) is 25.1 Å². The Morgan fingerprint density at radius 2 is 1.81 bits per heavy atom. The highest BCUT2D eigenvalue weighted by Crippen LogP contribution is 2.41. The Hall–Kier alpha value is -1.04. The van der Waals surface area contributed by atoms with Gasteiger partial charge in [0.2, 0.25) is 5.91 Å². The summed E-state index contributed by atoms with van der Waals surface area (Å²) < 4.78 is 5.69. The van der Waals surface area contributed by atoms with Crippen LogP contribution in [0.15, 0.2) is 0 Å². The highest BCUT2D eigenvalue weighted by molar-refractivity contribution is 8.13. The molecule has 1 saturated carbocycles. The average molecular weight is 384 g/mol. The first-order valence-electron chi connectivity index (χ1n) is 9.77. The maximum absolute atomic E-state index is 13.1. The number of hydrogen-bond acceptors (Lipinski definition) is 5. The first-order valence-corrected chi connectivity index (χ1v) is 10.8. The molecule has 2 fully saturated rings. The van der Waals surface area contributed by atoms with Gasteiger partial charge in [0.1, 0.15) is 11.6 Å². The summed E-state index contributed by atoms with van der Waals surface area (Å²) in [6, 6.07) is -0.481. The van der Waals surface area contributed by atoms with Gasteiger partial charge in [0.05, 0.1) is 0 Å². The van der Waals surface area contributed by atoms with E-state index >= 15 is 0 Å². The van der Waals surface area contributed by atoms with Crippen molar-refractivity contribution in [2.75, 3.05) is 12.3 Å². The third kappa shape index (κ3) is 5.48. The van der Waals surface area contributed by atoms with Crippen molar-refractivity contribution in [2.45, 2.75) is 78.4 Å². The molecule has 0 aromatic carbocycles. The molecule has 1 heterocycles. The van der Waals surface area contributed by atoms with Gasteiger partial charge in [-0.05, 0) is 45.4 Å². The topological polar surface area (TPSA) is 63.7 Å². The number of nitrogens with zero attached hydrogens (tertiary/aromatic N) is 1. The van der Waals surface area contributed by atoms with Gasteiger partial charge in [-0.25, -0.2) is 4.79 Å². The molecular weight excluding hydrogens is 350 g/mol. The number of esters is 1. The molecule has 2 rings (SSSR count). The van der Waals surface area contributed by atoms with E-state index in [2.05, 4.69) is 0 Å². The molecule has 0 bridgehead atoms. The van der Waals surface area contributed by atoms with Gasteiger partial charge >= 0.3 is 5.97 Å². The molecule has 148 valence electrons. The number of ether oxygens (including phenoxy) is 1. The van der Waals surface area contributed by atoms with Crippen LogP contribution in [0.1, 0.15) is 66.7 Å². The summed E-state index contributed by atoms with van der Waals surface area (Å²) in [5, 5.41) is 0.0133. The molecule has 0 radical (unpaired) electrons. The minimum atomic E-state index is -0.566. The molecule has 1 amide bonds. The number of carbonyl (C=O) groups excluding carboxylic acids is 3. The maximum atomic E-state index is 13.1. The fourth-order valence-electron chi connectivity index (χ4n) is 4.19. The SMILES string of the molecule is CC(=O)SCC(C)C(=O)N1CCC2CCCCC2C1C(=O)OC(C)(C)C. The van der Waals surface area contributed by atoms with Crippen LogP contribution in [0.25, 0.3) is 0 Å². The van der Waals surface area contributed by atoms with E-state index in [1.807, 2.05) is 27.7 Å². The number of rotatable bonds is 4. The Balaban J connectivity index is 2.19. The Morgan fingerprint density at radius 1 is 1.15 bits per heavy atom. The third-order valence-corrected chi connectivity index (χ3v) is 6.41. The number of piperidine rings is 1. The largest absolute Gasteiger partial charge is 0.458 e. The van der Waals surface area contributed by atoms with E-state index in [9.17, 15) is 14.4 Å². The highest BCUT2D eigenvalue weighted by atomic mass is 32.2. The van der Waals surface area contributed by atoms with Crippen LogP contribution in [0.3, 0.4) is 0 Å². The molecule has 1 saturated heterocycles. The lowest BCUT2D eigenvalue weighted by atomic mass is 9.70. The van der Waals surface area contributed by atoms with Gasteiger partial charge in [-0.3, -0.25) is 9.59 Å². The van der Waals surface area contributed by atoms with E-state index < -0.39 is 11.6 Å². The van der Waals surface area contributed by atoms with E-state index in [0.29, 0.717) is 18.2 Å². The zero-order valence-corrected chi connectivity index (χ0v) is 17.6. The molecule has 4 atom stereocenters. The van der Waals surface area contributed by atoms with Crippen LogP contribution >= 0.6 is 11.8 Å². The lowest BCUT2D eigenvalue weighted by molar-refractivity contribution is -0.173. The van der Waals surface area contributed by atoms with Gasteiger partial charge in [-0.1, -0.05) is 37.9 Å². The number of hydrogen-bond donors (Lipinski definition) is 0. The summed E-state index contributed by atoms with van der Waals surface area (Å²) in [5.74, 6) is 0.581. The van der Waals surface area contributed by atoms with Crippen LogP contribution in [0.4, 0.5) is 0 Å². The van der Waals surface area contributed by atoms with Crippen molar-refractivity contribution in [2.24, 2.45) is 17.8 Å². The third-order valence-electron chi connectivity index (χ3n) is 5.34. The summed E-state index contributed by atoms with van der Waals surface area (Å²) in [6.07, 6.45) is 5.40. The van der Waals surface area contributed by atoms with Gasteiger partial charge < -0.3 is 9.64 Å². The van der Waals surface area contributed by atoms with Crippen LogP contribution in [-0.2, 0) is 19.1 Å².